The molecule has 2 aliphatic rings. The number of carbonyl (C=O) groups is 2. The number of aromatic nitrogens is 2. The van der Waals surface area contributed by atoms with Crippen LogP contribution in [0.5, 0.6) is 0 Å². The van der Waals surface area contributed by atoms with E-state index in [1.807, 2.05) is 11.8 Å². The molecule has 1 amide bonds. The Hall–Kier alpha value is -1.85. The average Bonchev–Trinajstić information content (AvgIpc) is 3.38. The maximum Gasteiger partial charge on any atom is 0.358 e. The van der Waals surface area contributed by atoms with Gasteiger partial charge in [0.1, 0.15) is 5.82 Å². The van der Waals surface area contributed by atoms with Gasteiger partial charge < -0.3 is 14.6 Å². The predicted molar refractivity (Wildman–Crippen MR) is 94.3 cm³/mol. The van der Waals surface area contributed by atoms with Crippen molar-refractivity contribution in [3.8, 4) is 0 Å². The monoisotopic (exact) mass is 347 g/mol. The second kappa shape index (κ2) is 6.81. The van der Waals surface area contributed by atoms with Gasteiger partial charge in [-0.1, -0.05) is 13.8 Å². The van der Waals surface area contributed by atoms with E-state index in [2.05, 4.69) is 23.8 Å². The number of carbonyl (C=O) groups excluding carboxylic acids is 2. The Morgan fingerprint density at radius 2 is 1.88 bits per heavy atom. The number of nitrogens with zero attached hydrogens (tertiary/aromatic N) is 2. The van der Waals surface area contributed by atoms with E-state index in [9.17, 15) is 9.59 Å². The van der Waals surface area contributed by atoms with Crippen LogP contribution in [0.15, 0.2) is 0 Å². The van der Waals surface area contributed by atoms with E-state index in [1.54, 1.807) is 6.92 Å². The summed E-state index contributed by atoms with van der Waals surface area (Å²) >= 11 is 0. The minimum absolute atomic E-state index is 0.231. The smallest absolute Gasteiger partial charge is 0.358 e. The number of esters is 1. The molecule has 0 atom stereocenters. The molecule has 1 saturated heterocycles. The highest BCUT2D eigenvalue weighted by Gasteiger charge is 2.45. The number of piperidine rings is 1. The summed E-state index contributed by atoms with van der Waals surface area (Å²) < 4.78 is 5.05. The molecule has 1 aliphatic heterocycles. The summed E-state index contributed by atoms with van der Waals surface area (Å²) in [6, 6.07) is 0. The first-order valence-corrected chi connectivity index (χ1v) is 9.37. The lowest BCUT2D eigenvalue weighted by molar-refractivity contribution is -0.142. The molecule has 1 aromatic heterocycles. The quantitative estimate of drug-likeness (QED) is 0.831. The predicted octanol–water partition coefficient (Wildman–Crippen LogP) is 3.04. The fraction of sp³-hybridized carbons (Fsp3) is 0.737. The average molecular weight is 347 g/mol. The minimum atomic E-state index is -0.374. The van der Waals surface area contributed by atoms with Gasteiger partial charge in [-0.3, -0.25) is 4.79 Å². The van der Waals surface area contributed by atoms with Crippen molar-refractivity contribution in [2.75, 3.05) is 19.7 Å². The molecule has 25 heavy (non-hydrogen) atoms. The Balaban J connectivity index is 1.62. The summed E-state index contributed by atoms with van der Waals surface area (Å²) in [5.41, 5.74) is 0.901. The number of amides is 1. The molecule has 6 heteroatoms. The number of likely N-dealkylation sites (tertiary alicyclic amines) is 1. The number of aryl methyl sites for hydroxylation is 1. The van der Waals surface area contributed by atoms with Gasteiger partial charge in [-0.15, -0.1) is 0 Å². The van der Waals surface area contributed by atoms with Crippen molar-refractivity contribution in [3.63, 3.8) is 0 Å². The number of aromatic amines is 1. The van der Waals surface area contributed by atoms with Crippen LogP contribution in [0, 0.1) is 18.3 Å². The summed E-state index contributed by atoms with van der Waals surface area (Å²) in [5, 5.41) is 0. The minimum Gasteiger partial charge on any atom is -0.461 e. The summed E-state index contributed by atoms with van der Waals surface area (Å²) in [7, 11) is 0. The van der Waals surface area contributed by atoms with E-state index in [4.69, 9.17) is 4.74 Å². The Morgan fingerprint density at radius 3 is 2.44 bits per heavy atom. The molecule has 1 aromatic rings. The zero-order valence-electron chi connectivity index (χ0n) is 15.7. The highest BCUT2D eigenvalue weighted by molar-refractivity contribution is 5.88. The van der Waals surface area contributed by atoms with Crippen molar-refractivity contribution >= 4 is 11.9 Å². The Morgan fingerprint density at radius 1 is 1.24 bits per heavy atom. The van der Waals surface area contributed by atoms with Crippen molar-refractivity contribution in [2.45, 2.75) is 59.3 Å². The SMILES string of the molecule is CCOC(=O)c1nc(C2CCN(C(=O)C(C)(C)C3CC3)CC2)[nH]c1C. The fourth-order valence-corrected chi connectivity index (χ4v) is 3.82. The topological polar surface area (TPSA) is 75.3 Å². The fourth-order valence-electron chi connectivity index (χ4n) is 3.82. The van der Waals surface area contributed by atoms with E-state index in [1.165, 1.54) is 12.8 Å². The summed E-state index contributed by atoms with van der Waals surface area (Å²) in [6.07, 6.45) is 4.11. The van der Waals surface area contributed by atoms with Gasteiger partial charge in [-0.25, -0.2) is 9.78 Å². The van der Waals surface area contributed by atoms with E-state index >= 15 is 0 Å². The molecule has 0 aromatic carbocycles. The third-order valence-corrected chi connectivity index (χ3v) is 5.69. The van der Waals surface area contributed by atoms with Gasteiger partial charge in [0.25, 0.3) is 0 Å². The number of hydrogen-bond donors (Lipinski definition) is 1. The molecule has 0 bridgehead atoms. The van der Waals surface area contributed by atoms with Gasteiger partial charge in [-0.05, 0) is 45.4 Å². The third-order valence-electron chi connectivity index (χ3n) is 5.69. The highest BCUT2D eigenvalue weighted by Crippen LogP contribution is 2.46. The molecular formula is C19H29N3O3. The first kappa shape index (κ1) is 18.0. The van der Waals surface area contributed by atoms with Gasteiger partial charge in [-0.2, -0.15) is 0 Å². The Labute approximate surface area is 149 Å². The largest absolute Gasteiger partial charge is 0.461 e. The molecule has 1 aliphatic carbocycles. The molecule has 6 nitrogen and oxygen atoms in total. The molecule has 1 saturated carbocycles. The van der Waals surface area contributed by atoms with Crippen LogP contribution >= 0.6 is 0 Å². The van der Waals surface area contributed by atoms with Crippen LogP contribution in [0.25, 0.3) is 0 Å². The number of hydrogen-bond acceptors (Lipinski definition) is 4. The Kier molecular flexibility index (Phi) is 4.89. The molecular weight excluding hydrogens is 318 g/mol. The third kappa shape index (κ3) is 3.58. The van der Waals surface area contributed by atoms with Crippen molar-refractivity contribution < 1.29 is 14.3 Å². The number of imidazole rings is 1. The van der Waals surface area contributed by atoms with Crippen LogP contribution in [0.4, 0.5) is 0 Å². The van der Waals surface area contributed by atoms with Crippen molar-refractivity contribution in [2.24, 2.45) is 11.3 Å². The highest BCUT2D eigenvalue weighted by atomic mass is 16.5. The van der Waals surface area contributed by atoms with Gasteiger partial charge in [0.15, 0.2) is 5.69 Å². The Bertz CT molecular complexity index is 653. The lowest BCUT2D eigenvalue weighted by Crippen LogP contribution is -2.45. The van der Waals surface area contributed by atoms with Gasteiger partial charge in [0.05, 0.1) is 6.61 Å². The molecule has 2 fully saturated rings. The standard InChI is InChI=1S/C19H29N3O3/c1-5-25-17(23)15-12(2)20-16(21-15)13-8-10-22(11-9-13)18(24)19(3,4)14-6-7-14/h13-14H,5-11H2,1-4H3,(H,20,21). The lowest BCUT2D eigenvalue weighted by atomic mass is 9.84. The molecule has 0 unspecified atom stereocenters. The van der Waals surface area contributed by atoms with Crippen LogP contribution in [-0.2, 0) is 9.53 Å². The molecule has 138 valence electrons. The molecule has 0 spiro atoms. The van der Waals surface area contributed by atoms with E-state index in [0.717, 1.165) is 37.4 Å². The van der Waals surface area contributed by atoms with Crippen molar-refractivity contribution in [1.29, 1.82) is 0 Å². The summed E-state index contributed by atoms with van der Waals surface area (Å²) in [6.45, 7) is 9.66. The summed E-state index contributed by atoms with van der Waals surface area (Å²) in [5.74, 6) is 1.57. The summed E-state index contributed by atoms with van der Waals surface area (Å²) in [4.78, 5) is 34.5. The number of ether oxygens (including phenoxy) is 1. The van der Waals surface area contributed by atoms with E-state index in [0.29, 0.717) is 18.2 Å². The number of H-pyrrole nitrogens is 1. The van der Waals surface area contributed by atoms with Gasteiger partial charge in [0.2, 0.25) is 5.91 Å². The second-order valence-corrected chi connectivity index (χ2v) is 7.88. The molecule has 2 heterocycles. The van der Waals surface area contributed by atoms with Crippen LogP contribution in [0.2, 0.25) is 0 Å². The first-order chi connectivity index (χ1) is 11.8. The zero-order valence-corrected chi connectivity index (χ0v) is 15.7. The second-order valence-electron chi connectivity index (χ2n) is 7.88. The van der Waals surface area contributed by atoms with Crippen LogP contribution in [0.3, 0.4) is 0 Å². The van der Waals surface area contributed by atoms with Crippen molar-refractivity contribution in [3.05, 3.63) is 17.2 Å². The normalized spacial score (nSPS) is 19.1. The maximum absolute atomic E-state index is 12.8. The number of rotatable bonds is 5. The van der Waals surface area contributed by atoms with E-state index in [-0.39, 0.29) is 23.2 Å². The van der Waals surface area contributed by atoms with Gasteiger partial charge >= 0.3 is 5.97 Å². The first-order valence-electron chi connectivity index (χ1n) is 9.37. The number of nitrogens with one attached hydrogen (secondary N) is 1. The lowest BCUT2D eigenvalue weighted by Gasteiger charge is -2.36. The van der Waals surface area contributed by atoms with Crippen LogP contribution in [-0.4, -0.2) is 46.4 Å². The molecule has 0 radical (unpaired) electrons. The molecule has 3 rings (SSSR count). The zero-order chi connectivity index (χ0) is 18.2. The van der Waals surface area contributed by atoms with Crippen molar-refractivity contribution in [1.82, 2.24) is 14.9 Å². The molecule has 1 N–H and O–H groups in total. The maximum atomic E-state index is 12.8. The van der Waals surface area contributed by atoms with Crippen LogP contribution < -0.4 is 0 Å². The van der Waals surface area contributed by atoms with Gasteiger partial charge in [0, 0.05) is 30.1 Å². The van der Waals surface area contributed by atoms with E-state index < -0.39 is 0 Å². The van der Waals surface area contributed by atoms with Crippen LogP contribution in [0.1, 0.15) is 74.4 Å².